The van der Waals surface area contributed by atoms with Crippen molar-refractivity contribution < 1.29 is 5.21 Å². The van der Waals surface area contributed by atoms with Crippen molar-refractivity contribution in [1.82, 2.24) is 9.97 Å². The highest BCUT2D eigenvalue weighted by atomic mass is 16.4. The molecule has 2 aliphatic carbocycles. The Bertz CT molecular complexity index is 468. The van der Waals surface area contributed by atoms with E-state index in [0.717, 1.165) is 30.7 Å². The van der Waals surface area contributed by atoms with Crippen molar-refractivity contribution in [3.8, 4) is 0 Å². The standard InChI is InChI=1S/C13H19N5O/c14-12(17-19)11-13(16-6-5-15-11)18(7-9-1-2-9)8-10-3-4-10/h5-6,9-10,19H,1-4,7-8H2,(H2,14,17). The summed E-state index contributed by atoms with van der Waals surface area (Å²) in [5.41, 5.74) is 6.17. The van der Waals surface area contributed by atoms with Crippen LogP contribution < -0.4 is 10.6 Å². The first-order valence-electron chi connectivity index (χ1n) is 6.81. The van der Waals surface area contributed by atoms with Gasteiger partial charge in [-0.3, -0.25) is 0 Å². The normalized spacial score (nSPS) is 19.5. The summed E-state index contributed by atoms with van der Waals surface area (Å²) >= 11 is 0. The Labute approximate surface area is 112 Å². The van der Waals surface area contributed by atoms with Crippen molar-refractivity contribution in [2.75, 3.05) is 18.0 Å². The first kappa shape index (κ1) is 12.2. The molecule has 0 radical (unpaired) electrons. The van der Waals surface area contributed by atoms with Gasteiger partial charge in [-0.25, -0.2) is 9.97 Å². The number of hydrogen-bond donors (Lipinski definition) is 2. The molecule has 0 atom stereocenters. The Kier molecular flexibility index (Phi) is 3.23. The second kappa shape index (κ2) is 5.03. The van der Waals surface area contributed by atoms with E-state index in [1.54, 1.807) is 12.4 Å². The van der Waals surface area contributed by atoms with E-state index in [-0.39, 0.29) is 5.84 Å². The summed E-state index contributed by atoms with van der Waals surface area (Å²) in [6, 6.07) is 0. The van der Waals surface area contributed by atoms with Gasteiger partial charge in [0.05, 0.1) is 0 Å². The molecule has 1 heterocycles. The van der Waals surface area contributed by atoms with E-state index in [4.69, 9.17) is 10.9 Å². The van der Waals surface area contributed by atoms with Crippen LogP contribution in [0.3, 0.4) is 0 Å². The number of oxime groups is 1. The van der Waals surface area contributed by atoms with Gasteiger partial charge in [0.15, 0.2) is 17.3 Å². The number of anilines is 1. The molecule has 2 fully saturated rings. The Morgan fingerprint density at radius 1 is 1.21 bits per heavy atom. The summed E-state index contributed by atoms with van der Waals surface area (Å²) in [7, 11) is 0. The third kappa shape index (κ3) is 2.94. The molecule has 2 aliphatic rings. The van der Waals surface area contributed by atoms with Gasteiger partial charge in [-0.1, -0.05) is 5.16 Å². The number of nitrogens with zero attached hydrogens (tertiary/aromatic N) is 4. The molecule has 0 unspecified atom stereocenters. The Hall–Kier alpha value is -1.85. The van der Waals surface area contributed by atoms with E-state index in [1.807, 2.05) is 0 Å². The Balaban J connectivity index is 1.86. The molecular weight excluding hydrogens is 242 g/mol. The lowest BCUT2D eigenvalue weighted by atomic mass is 10.2. The second-order valence-electron chi connectivity index (χ2n) is 5.51. The molecule has 0 amide bonds. The van der Waals surface area contributed by atoms with Gasteiger partial charge >= 0.3 is 0 Å². The smallest absolute Gasteiger partial charge is 0.192 e. The van der Waals surface area contributed by atoms with Gasteiger partial charge in [0, 0.05) is 25.5 Å². The van der Waals surface area contributed by atoms with Crippen molar-refractivity contribution in [3.05, 3.63) is 18.1 Å². The molecule has 19 heavy (non-hydrogen) atoms. The zero-order valence-electron chi connectivity index (χ0n) is 10.9. The average molecular weight is 261 g/mol. The molecule has 0 aliphatic heterocycles. The van der Waals surface area contributed by atoms with Crippen LogP contribution in [0.2, 0.25) is 0 Å². The van der Waals surface area contributed by atoms with E-state index in [9.17, 15) is 0 Å². The fourth-order valence-electron chi connectivity index (χ4n) is 2.26. The van der Waals surface area contributed by atoms with Gasteiger partial charge in [-0.15, -0.1) is 0 Å². The number of nitrogens with two attached hydrogens (primary N) is 1. The first-order chi connectivity index (χ1) is 9.28. The van der Waals surface area contributed by atoms with Crippen LogP contribution in [-0.2, 0) is 0 Å². The quantitative estimate of drug-likeness (QED) is 0.348. The van der Waals surface area contributed by atoms with Gasteiger partial charge in [-0.05, 0) is 37.5 Å². The highest BCUT2D eigenvalue weighted by Crippen LogP contribution is 2.35. The maximum Gasteiger partial charge on any atom is 0.192 e. The van der Waals surface area contributed by atoms with Crippen LogP contribution in [0.15, 0.2) is 17.5 Å². The lowest BCUT2D eigenvalue weighted by Gasteiger charge is -2.24. The second-order valence-corrected chi connectivity index (χ2v) is 5.51. The zero-order chi connectivity index (χ0) is 13.2. The van der Waals surface area contributed by atoms with Gasteiger partial charge in [0.1, 0.15) is 0 Å². The predicted molar refractivity (Wildman–Crippen MR) is 72.2 cm³/mol. The Morgan fingerprint density at radius 3 is 2.32 bits per heavy atom. The monoisotopic (exact) mass is 261 g/mol. The molecule has 3 N–H and O–H groups in total. The highest BCUT2D eigenvalue weighted by molar-refractivity contribution is 5.99. The van der Waals surface area contributed by atoms with Gasteiger partial charge < -0.3 is 15.8 Å². The number of rotatable bonds is 6. The maximum absolute atomic E-state index is 8.86. The minimum atomic E-state index is 0.0275. The van der Waals surface area contributed by atoms with E-state index in [2.05, 4.69) is 20.0 Å². The average Bonchev–Trinajstić information content (AvgIpc) is 3.32. The number of aromatic nitrogens is 2. The highest BCUT2D eigenvalue weighted by Gasteiger charge is 2.31. The fraction of sp³-hybridized carbons (Fsp3) is 0.615. The molecule has 1 aromatic rings. The summed E-state index contributed by atoms with van der Waals surface area (Å²) < 4.78 is 0. The van der Waals surface area contributed by atoms with E-state index in [1.165, 1.54) is 25.7 Å². The van der Waals surface area contributed by atoms with Crippen molar-refractivity contribution in [3.63, 3.8) is 0 Å². The van der Waals surface area contributed by atoms with Crippen molar-refractivity contribution in [1.29, 1.82) is 0 Å². The number of amidine groups is 1. The van der Waals surface area contributed by atoms with Crippen LogP contribution >= 0.6 is 0 Å². The predicted octanol–water partition coefficient (Wildman–Crippen LogP) is 1.20. The number of hydrogen-bond acceptors (Lipinski definition) is 5. The van der Waals surface area contributed by atoms with Gasteiger partial charge in [0.25, 0.3) is 0 Å². The molecule has 0 aromatic carbocycles. The third-order valence-electron chi connectivity index (χ3n) is 3.68. The molecule has 0 saturated heterocycles. The van der Waals surface area contributed by atoms with Crippen LogP contribution in [0, 0.1) is 11.8 Å². The van der Waals surface area contributed by atoms with E-state index in [0.29, 0.717) is 5.69 Å². The molecular formula is C13H19N5O. The summed E-state index contributed by atoms with van der Waals surface area (Å²) in [6.07, 6.45) is 8.40. The Morgan fingerprint density at radius 2 is 1.79 bits per heavy atom. The molecule has 1 aromatic heterocycles. The van der Waals surface area contributed by atoms with Crippen molar-refractivity contribution in [2.45, 2.75) is 25.7 Å². The van der Waals surface area contributed by atoms with Crippen LogP contribution in [0.1, 0.15) is 31.4 Å². The van der Waals surface area contributed by atoms with Crippen LogP contribution in [0.25, 0.3) is 0 Å². The van der Waals surface area contributed by atoms with Crippen LogP contribution in [-0.4, -0.2) is 34.1 Å². The van der Waals surface area contributed by atoms with Crippen LogP contribution in [0.5, 0.6) is 0 Å². The topological polar surface area (TPSA) is 87.6 Å². The minimum absolute atomic E-state index is 0.0275. The molecule has 102 valence electrons. The molecule has 0 spiro atoms. The largest absolute Gasteiger partial charge is 0.409 e. The van der Waals surface area contributed by atoms with Gasteiger partial charge in [0.2, 0.25) is 0 Å². The molecule has 3 rings (SSSR count). The molecule has 6 heteroatoms. The first-order valence-corrected chi connectivity index (χ1v) is 6.81. The summed E-state index contributed by atoms with van der Waals surface area (Å²) in [6.45, 7) is 2.00. The maximum atomic E-state index is 8.86. The SMILES string of the molecule is NC(=NO)c1nccnc1N(CC1CC1)CC1CC1. The molecule has 2 saturated carbocycles. The van der Waals surface area contributed by atoms with Crippen molar-refractivity contribution in [2.24, 2.45) is 22.7 Å². The fourth-order valence-corrected chi connectivity index (χ4v) is 2.26. The molecule has 6 nitrogen and oxygen atoms in total. The summed E-state index contributed by atoms with van der Waals surface area (Å²) in [5.74, 6) is 2.30. The minimum Gasteiger partial charge on any atom is -0.409 e. The van der Waals surface area contributed by atoms with Crippen molar-refractivity contribution >= 4 is 11.7 Å². The third-order valence-corrected chi connectivity index (χ3v) is 3.68. The summed E-state index contributed by atoms with van der Waals surface area (Å²) in [5, 5.41) is 11.9. The van der Waals surface area contributed by atoms with E-state index < -0.39 is 0 Å². The zero-order valence-corrected chi connectivity index (χ0v) is 10.9. The summed E-state index contributed by atoms with van der Waals surface area (Å²) in [4.78, 5) is 10.9. The van der Waals surface area contributed by atoms with Crippen LogP contribution in [0.4, 0.5) is 5.82 Å². The lowest BCUT2D eigenvalue weighted by molar-refractivity contribution is 0.318. The van der Waals surface area contributed by atoms with E-state index >= 15 is 0 Å². The van der Waals surface area contributed by atoms with Gasteiger partial charge in [-0.2, -0.15) is 0 Å². The lowest BCUT2D eigenvalue weighted by Crippen LogP contribution is -2.32. The molecule has 0 bridgehead atoms.